The van der Waals surface area contributed by atoms with Crippen molar-refractivity contribution < 1.29 is 14.3 Å². The number of phenolic OH excluding ortho intramolecular Hbond substituents is 1. The molecule has 0 atom stereocenters. The molecule has 1 N–H and O–H groups in total. The van der Waals surface area contributed by atoms with Gasteiger partial charge < -0.3 is 10.0 Å². The molecule has 1 aromatic heterocycles. The van der Waals surface area contributed by atoms with Gasteiger partial charge in [0.1, 0.15) is 5.01 Å². The zero-order valence-corrected chi connectivity index (χ0v) is 14.8. The van der Waals surface area contributed by atoms with Gasteiger partial charge in [0.25, 0.3) is 0 Å². The summed E-state index contributed by atoms with van der Waals surface area (Å²) in [5.41, 5.74) is 3.18. The third-order valence-electron chi connectivity index (χ3n) is 4.58. The zero-order chi connectivity index (χ0) is 18.1. The Morgan fingerprint density at radius 3 is 2.73 bits per heavy atom. The Bertz CT molecular complexity index is 964. The van der Waals surface area contributed by atoms with Gasteiger partial charge in [-0.25, -0.2) is 9.37 Å². The summed E-state index contributed by atoms with van der Waals surface area (Å²) < 4.78 is 13.8. The van der Waals surface area contributed by atoms with Crippen LogP contribution in [0, 0.1) is 5.82 Å². The van der Waals surface area contributed by atoms with E-state index in [1.165, 1.54) is 42.0 Å². The van der Waals surface area contributed by atoms with Crippen molar-refractivity contribution in [2.75, 3.05) is 18.0 Å². The number of aromatic nitrogens is 1. The first kappa shape index (κ1) is 16.7. The SMILES string of the molecule is O=Cc1cc(-c2csc(-c3cccc(N4CCCC4)c3)n2)cc(F)c1O. The number of rotatable bonds is 4. The maximum Gasteiger partial charge on any atom is 0.166 e. The molecule has 2 heterocycles. The number of carbonyl (C=O) groups is 1. The highest BCUT2D eigenvalue weighted by atomic mass is 32.1. The van der Waals surface area contributed by atoms with E-state index in [9.17, 15) is 14.3 Å². The molecule has 0 spiro atoms. The summed E-state index contributed by atoms with van der Waals surface area (Å²) in [6.07, 6.45) is 2.88. The number of anilines is 1. The molecule has 4 nitrogen and oxygen atoms in total. The number of hydrogen-bond acceptors (Lipinski definition) is 5. The molecule has 132 valence electrons. The monoisotopic (exact) mass is 368 g/mol. The molecule has 0 bridgehead atoms. The van der Waals surface area contributed by atoms with E-state index in [1.807, 2.05) is 17.5 Å². The molecule has 0 unspecified atom stereocenters. The van der Waals surface area contributed by atoms with Gasteiger partial charge in [-0.2, -0.15) is 0 Å². The van der Waals surface area contributed by atoms with Crippen molar-refractivity contribution in [1.29, 1.82) is 0 Å². The molecule has 1 aliphatic rings. The van der Waals surface area contributed by atoms with Gasteiger partial charge in [-0.1, -0.05) is 12.1 Å². The molecule has 0 aliphatic carbocycles. The van der Waals surface area contributed by atoms with Crippen molar-refractivity contribution >= 4 is 23.3 Å². The van der Waals surface area contributed by atoms with Crippen molar-refractivity contribution in [1.82, 2.24) is 4.98 Å². The molecular weight excluding hydrogens is 351 g/mol. The normalized spacial score (nSPS) is 14.0. The predicted octanol–water partition coefficient (Wildman–Crippen LogP) is 4.73. The van der Waals surface area contributed by atoms with Crippen molar-refractivity contribution in [2.24, 2.45) is 0 Å². The van der Waals surface area contributed by atoms with E-state index in [-0.39, 0.29) is 5.56 Å². The van der Waals surface area contributed by atoms with Gasteiger partial charge in [0, 0.05) is 35.3 Å². The minimum absolute atomic E-state index is 0.0782. The number of hydrogen-bond donors (Lipinski definition) is 1. The van der Waals surface area contributed by atoms with E-state index >= 15 is 0 Å². The largest absolute Gasteiger partial charge is 0.504 e. The van der Waals surface area contributed by atoms with Crippen LogP contribution < -0.4 is 4.90 Å². The van der Waals surface area contributed by atoms with Gasteiger partial charge in [-0.3, -0.25) is 4.79 Å². The lowest BCUT2D eigenvalue weighted by atomic mass is 10.1. The summed E-state index contributed by atoms with van der Waals surface area (Å²) in [5, 5.41) is 12.2. The van der Waals surface area contributed by atoms with Crippen LogP contribution in [0.5, 0.6) is 5.75 Å². The van der Waals surface area contributed by atoms with Crippen molar-refractivity contribution in [3.05, 3.63) is 53.2 Å². The Hall–Kier alpha value is -2.73. The molecule has 4 rings (SSSR count). The van der Waals surface area contributed by atoms with Crippen LogP contribution in [0.3, 0.4) is 0 Å². The predicted molar refractivity (Wildman–Crippen MR) is 101 cm³/mol. The summed E-state index contributed by atoms with van der Waals surface area (Å²) in [7, 11) is 0. The first-order chi connectivity index (χ1) is 12.7. The van der Waals surface area contributed by atoms with Gasteiger partial charge in [-0.05, 0) is 37.1 Å². The second-order valence-electron chi connectivity index (χ2n) is 6.30. The number of nitrogens with zero attached hydrogens (tertiary/aromatic N) is 2. The number of carbonyl (C=O) groups excluding carboxylic acids is 1. The molecule has 0 amide bonds. The van der Waals surface area contributed by atoms with Crippen LogP contribution >= 0.6 is 11.3 Å². The number of halogens is 1. The average molecular weight is 368 g/mol. The fourth-order valence-electron chi connectivity index (χ4n) is 3.21. The van der Waals surface area contributed by atoms with E-state index in [4.69, 9.17) is 0 Å². The van der Waals surface area contributed by atoms with Gasteiger partial charge in [0.05, 0.1) is 11.3 Å². The van der Waals surface area contributed by atoms with E-state index < -0.39 is 11.6 Å². The second-order valence-corrected chi connectivity index (χ2v) is 7.15. The highest BCUT2D eigenvalue weighted by Crippen LogP contribution is 2.33. The first-order valence-electron chi connectivity index (χ1n) is 8.44. The van der Waals surface area contributed by atoms with E-state index in [1.54, 1.807) is 0 Å². The summed E-state index contributed by atoms with van der Waals surface area (Å²) >= 11 is 1.47. The number of benzene rings is 2. The molecule has 1 aliphatic heterocycles. The highest BCUT2D eigenvalue weighted by Gasteiger charge is 2.15. The molecule has 0 saturated carbocycles. The maximum atomic E-state index is 13.8. The number of aldehydes is 1. The van der Waals surface area contributed by atoms with Crippen LogP contribution in [-0.4, -0.2) is 29.5 Å². The fraction of sp³-hybridized carbons (Fsp3) is 0.200. The van der Waals surface area contributed by atoms with Crippen molar-refractivity contribution in [3.63, 3.8) is 0 Å². The molecule has 0 radical (unpaired) electrons. The third-order valence-corrected chi connectivity index (χ3v) is 5.48. The second kappa shape index (κ2) is 6.88. The maximum absolute atomic E-state index is 13.8. The fourth-order valence-corrected chi connectivity index (χ4v) is 4.03. The third kappa shape index (κ3) is 3.08. The summed E-state index contributed by atoms with van der Waals surface area (Å²) in [4.78, 5) is 18.0. The molecule has 1 saturated heterocycles. The van der Waals surface area contributed by atoms with E-state index in [2.05, 4.69) is 22.0 Å². The Balaban J connectivity index is 1.67. The smallest absolute Gasteiger partial charge is 0.166 e. The highest BCUT2D eigenvalue weighted by molar-refractivity contribution is 7.13. The van der Waals surface area contributed by atoms with Crippen LogP contribution in [0.1, 0.15) is 23.2 Å². The molecule has 3 aromatic rings. The zero-order valence-electron chi connectivity index (χ0n) is 14.0. The van der Waals surface area contributed by atoms with Crippen LogP contribution in [0.25, 0.3) is 21.8 Å². The molecule has 2 aromatic carbocycles. The lowest BCUT2D eigenvalue weighted by molar-refractivity contribution is 0.112. The van der Waals surface area contributed by atoms with Crippen LogP contribution in [-0.2, 0) is 0 Å². The Labute approximate surface area is 154 Å². The number of thiazole rings is 1. The Kier molecular flexibility index (Phi) is 4.42. The van der Waals surface area contributed by atoms with E-state index in [0.29, 0.717) is 17.5 Å². The summed E-state index contributed by atoms with van der Waals surface area (Å²) in [5.74, 6) is -1.45. The van der Waals surface area contributed by atoms with Crippen LogP contribution in [0.2, 0.25) is 0 Å². The lowest BCUT2D eigenvalue weighted by Crippen LogP contribution is -2.17. The minimum Gasteiger partial charge on any atom is -0.504 e. The molecule has 1 fully saturated rings. The number of phenols is 1. The average Bonchev–Trinajstić information content (AvgIpc) is 3.36. The summed E-state index contributed by atoms with van der Waals surface area (Å²) in [6, 6.07) is 10.9. The Morgan fingerprint density at radius 1 is 1.15 bits per heavy atom. The van der Waals surface area contributed by atoms with Gasteiger partial charge in [0.15, 0.2) is 17.9 Å². The van der Waals surface area contributed by atoms with E-state index in [0.717, 1.165) is 23.7 Å². The first-order valence-corrected chi connectivity index (χ1v) is 9.32. The van der Waals surface area contributed by atoms with Crippen molar-refractivity contribution in [3.8, 4) is 27.6 Å². The van der Waals surface area contributed by atoms with Gasteiger partial charge >= 0.3 is 0 Å². The van der Waals surface area contributed by atoms with Crippen molar-refractivity contribution in [2.45, 2.75) is 12.8 Å². The number of aromatic hydroxyl groups is 1. The minimum atomic E-state index is -0.824. The molecular formula is C20H17FN2O2S. The standard InChI is InChI=1S/C20H17FN2O2S/c21-17-10-14(8-15(11-24)19(17)25)18-12-26-20(22-18)13-4-3-5-16(9-13)23-6-1-2-7-23/h3-5,8-12,25H,1-2,6-7H2. The lowest BCUT2D eigenvalue weighted by Gasteiger charge is -2.17. The Morgan fingerprint density at radius 2 is 1.96 bits per heavy atom. The summed E-state index contributed by atoms with van der Waals surface area (Å²) in [6.45, 7) is 2.15. The topological polar surface area (TPSA) is 53.4 Å². The molecule has 26 heavy (non-hydrogen) atoms. The van der Waals surface area contributed by atoms with Crippen LogP contribution in [0.4, 0.5) is 10.1 Å². The van der Waals surface area contributed by atoms with Crippen LogP contribution in [0.15, 0.2) is 41.8 Å². The van der Waals surface area contributed by atoms with Gasteiger partial charge in [-0.15, -0.1) is 11.3 Å². The quantitative estimate of drug-likeness (QED) is 0.676. The molecule has 6 heteroatoms. The van der Waals surface area contributed by atoms with Gasteiger partial charge in [0.2, 0.25) is 0 Å².